The molecule has 1 aliphatic heterocycles. The van der Waals surface area contributed by atoms with Gasteiger partial charge in [0.1, 0.15) is 11.4 Å². The number of hydrogen-bond donors (Lipinski definition) is 0. The van der Waals surface area contributed by atoms with Crippen molar-refractivity contribution in [3.8, 4) is 17.2 Å². The van der Waals surface area contributed by atoms with Crippen LogP contribution in [0.3, 0.4) is 0 Å². The predicted molar refractivity (Wildman–Crippen MR) is 119 cm³/mol. The zero-order valence-electron chi connectivity index (χ0n) is 18.7. The lowest BCUT2D eigenvalue weighted by Gasteiger charge is -2.42. The topological polar surface area (TPSA) is 71.1 Å². The number of Topliss-reactive ketones (excluding diaryl/α,β-unsaturated/α-hetero) is 1. The van der Waals surface area contributed by atoms with Gasteiger partial charge in [0, 0.05) is 0 Å². The van der Waals surface area contributed by atoms with Crippen molar-refractivity contribution >= 4 is 11.8 Å². The molecule has 32 heavy (non-hydrogen) atoms. The molecule has 2 aromatic rings. The van der Waals surface area contributed by atoms with Gasteiger partial charge in [-0.1, -0.05) is 37.1 Å². The Bertz CT molecular complexity index is 930. The van der Waals surface area contributed by atoms with Gasteiger partial charge in [-0.05, 0) is 61.4 Å². The standard InChI is InChI=1S/C26H30O6/c1-29-22-13-12-18(16-23(22)30-2)14-15-26(19-8-6-7-9-19)17-21(27)24(25(28)32-26)31-20-10-4-3-5-11-20/h3-5,10-13,16,19,24H,6-9,14-15,17H2,1-2H3. The minimum atomic E-state index is -1.20. The fraction of sp³-hybridized carbons (Fsp3) is 0.462. The van der Waals surface area contributed by atoms with Crippen LogP contribution in [0.25, 0.3) is 0 Å². The number of carbonyl (C=O) groups is 2. The maximum Gasteiger partial charge on any atom is 0.355 e. The first kappa shape index (κ1) is 22.2. The number of ether oxygens (including phenoxy) is 4. The summed E-state index contributed by atoms with van der Waals surface area (Å²) in [4.78, 5) is 26.1. The Hall–Kier alpha value is -3.02. The largest absolute Gasteiger partial charge is 0.493 e. The quantitative estimate of drug-likeness (QED) is 0.446. The molecule has 1 aliphatic carbocycles. The molecule has 0 spiro atoms. The highest BCUT2D eigenvalue weighted by molar-refractivity contribution is 6.04. The Balaban J connectivity index is 1.52. The molecule has 0 N–H and O–H groups in total. The number of carbonyl (C=O) groups excluding carboxylic acids is 2. The first-order valence-corrected chi connectivity index (χ1v) is 11.2. The van der Waals surface area contributed by atoms with Gasteiger partial charge >= 0.3 is 5.97 Å². The molecule has 0 radical (unpaired) electrons. The molecule has 2 atom stereocenters. The van der Waals surface area contributed by atoms with Crippen LogP contribution in [-0.4, -0.2) is 37.7 Å². The third kappa shape index (κ3) is 4.59. The molecule has 0 amide bonds. The maximum absolute atomic E-state index is 13.1. The van der Waals surface area contributed by atoms with Gasteiger partial charge in [-0.15, -0.1) is 0 Å². The van der Waals surface area contributed by atoms with Crippen LogP contribution in [0.15, 0.2) is 48.5 Å². The van der Waals surface area contributed by atoms with E-state index in [1.807, 2.05) is 24.3 Å². The van der Waals surface area contributed by atoms with Gasteiger partial charge in [-0.2, -0.15) is 0 Å². The van der Waals surface area contributed by atoms with Crippen LogP contribution in [0.1, 0.15) is 44.1 Å². The summed E-state index contributed by atoms with van der Waals surface area (Å²) in [5.74, 6) is 1.22. The number of benzene rings is 2. The normalized spacial score (nSPS) is 23.6. The van der Waals surface area contributed by atoms with Crippen LogP contribution in [-0.2, 0) is 20.7 Å². The highest BCUT2D eigenvalue weighted by atomic mass is 16.6. The van der Waals surface area contributed by atoms with E-state index in [1.54, 1.807) is 38.5 Å². The van der Waals surface area contributed by atoms with E-state index >= 15 is 0 Å². The second-order valence-corrected chi connectivity index (χ2v) is 8.61. The van der Waals surface area contributed by atoms with Crippen LogP contribution in [0.5, 0.6) is 17.2 Å². The molecular formula is C26H30O6. The summed E-state index contributed by atoms with van der Waals surface area (Å²) in [6.45, 7) is 0. The first-order valence-electron chi connectivity index (χ1n) is 11.2. The molecule has 2 aliphatic rings. The second-order valence-electron chi connectivity index (χ2n) is 8.61. The number of hydrogen-bond acceptors (Lipinski definition) is 6. The van der Waals surface area contributed by atoms with Crippen molar-refractivity contribution in [1.29, 1.82) is 0 Å². The van der Waals surface area contributed by atoms with Crippen molar-refractivity contribution in [2.45, 2.75) is 56.7 Å². The number of cyclic esters (lactones) is 1. The molecule has 1 heterocycles. The summed E-state index contributed by atoms with van der Waals surface area (Å²) in [6.07, 6.45) is 4.37. The number of para-hydroxylation sites is 1. The van der Waals surface area contributed by atoms with Crippen LogP contribution in [0, 0.1) is 5.92 Å². The second kappa shape index (κ2) is 9.63. The van der Waals surface area contributed by atoms with Crippen LogP contribution in [0.2, 0.25) is 0 Å². The summed E-state index contributed by atoms with van der Waals surface area (Å²) < 4.78 is 22.5. The molecule has 2 aromatic carbocycles. The zero-order valence-corrected chi connectivity index (χ0v) is 18.7. The summed E-state index contributed by atoms with van der Waals surface area (Å²) in [6, 6.07) is 14.7. The highest BCUT2D eigenvalue weighted by Crippen LogP contribution is 2.44. The zero-order chi connectivity index (χ0) is 22.6. The van der Waals surface area contributed by atoms with Gasteiger partial charge in [0.15, 0.2) is 17.3 Å². The van der Waals surface area contributed by atoms with E-state index in [0.29, 0.717) is 30.1 Å². The van der Waals surface area contributed by atoms with Crippen molar-refractivity contribution in [3.63, 3.8) is 0 Å². The number of aryl methyl sites for hydroxylation is 1. The van der Waals surface area contributed by atoms with E-state index in [4.69, 9.17) is 18.9 Å². The molecule has 170 valence electrons. The van der Waals surface area contributed by atoms with Crippen molar-refractivity contribution in [3.05, 3.63) is 54.1 Å². The molecular weight excluding hydrogens is 408 g/mol. The van der Waals surface area contributed by atoms with Crippen molar-refractivity contribution in [2.75, 3.05) is 14.2 Å². The predicted octanol–water partition coefficient (Wildman–Crippen LogP) is 4.53. The first-order chi connectivity index (χ1) is 15.5. The van der Waals surface area contributed by atoms with Gasteiger partial charge in [-0.3, -0.25) is 4.79 Å². The molecule has 2 unspecified atom stereocenters. The minimum Gasteiger partial charge on any atom is -0.493 e. The van der Waals surface area contributed by atoms with Crippen LogP contribution < -0.4 is 14.2 Å². The van der Waals surface area contributed by atoms with Crippen LogP contribution in [0.4, 0.5) is 0 Å². The van der Waals surface area contributed by atoms with Gasteiger partial charge in [-0.25, -0.2) is 4.79 Å². The number of methoxy groups -OCH3 is 2. The monoisotopic (exact) mass is 438 g/mol. The minimum absolute atomic E-state index is 0.188. The van der Waals surface area contributed by atoms with Gasteiger partial charge in [0.2, 0.25) is 0 Å². The van der Waals surface area contributed by atoms with Crippen LogP contribution >= 0.6 is 0 Å². The number of rotatable bonds is 8. The number of esters is 1. The SMILES string of the molecule is COc1ccc(CCC2(C3CCCC3)CC(=O)C(Oc3ccccc3)C(=O)O2)cc1OC. The van der Waals surface area contributed by atoms with E-state index in [9.17, 15) is 9.59 Å². The molecule has 6 nitrogen and oxygen atoms in total. The summed E-state index contributed by atoms with van der Waals surface area (Å²) >= 11 is 0. The van der Waals surface area contributed by atoms with E-state index in [1.165, 1.54) is 0 Å². The van der Waals surface area contributed by atoms with Crippen molar-refractivity contribution in [1.82, 2.24) is 0 Å². The summed E-state index contributed by atoms with van der Waals surface area (Å²) in [5, 5.41) is 0. The molecule has 1 saturated heterocycles. The van der Waals surface area contributed by atoms with Gasteiger partial charge < -0.3 is 18.9 Å². The third-order valence-electron chi connectivity index (χ3n) is 6.66. The third-order valence-corrected chi connectivity index (χ3v) is 6.66. The lowest BCUT2D eigenvalue weighted by atomic mass is 9.75. The molecule has 6 heteroatoms. The average molecular weight is 439 g/mol. The van der Waals surface area contributed by atoms with E-state index in [2.05, 4.69) is 0 Å². The molecule has 0 aromatic heterocycles. The van der Waals surface area contributed by atoms with Gasteiger partial charge in [0.25, 0.3) is 6.10 Å². The fourth-order valence-electron chi connectivity index (χ4n) is 4.97. The molecule has 0 bridgehead atoms. The van der Waals surface area contributed by atoms with Crippen molar-refractivity contribution in [2.24, 2.45) is 5.92 Å². The fourth-order valence-corrected chi connectivity index (χ4v) is 4.97. The Morgan fingerprint density at radius 2 is 1.69 bits per heavy atom. The number of ketones is 1. The van der Waals surface area contributed by atoms with E-state index < -0.39 is 17.7 Å². The lowest BCUT2D eigenvalue weighted by molar-refractivity contribution is -0.189. The Kier molecular flexibility index (Phi) is 6.68. The van der Waals surface area contributed by atoms with E-state index in [0.717, 1.165) is 31.2 Å². The molecule has 2 fully saturated rings. The Labute approximate surface area is 188 Å². The summed E-state index contributed by atoms with van der Waals surface area (Å²) in [5.41, 5.74) is 0.264. The maximum atomic E-state index is 13.1. The van der Waals surface area contributed by atoms with Crippen molar-refractivity contribution < 1.29 is 28.5 Å². The van der Waals surface area contributed by atoms with E-state index in [-0.39, 0.29) is 18.1 Å². The lowest BCUT2D eigenvalue weighted by Crippen LogP contribution is -2.55. The Morgan fingerprint density at radius 3 is 2.34 bits per heavy atom. The summed E-state index contributed by atoms with van der Waals surface area (Å²) in [7, 11) is 3.21. The molecule has 1 saturated carbocycles. The Morgan fingerprint density at radius 1 is 0.969 bits per heavy atom. The smallest absolute Gasteiger partial charge is 0.355 e. The highest BCUT2D eigenvalue weighted by Gasteiger charge is 2.52. The molecule has 4 rings (SSSR count). The van der Waals surface area contributed by atoms with Gasteiger partial charge in [0.05, 0.1) is 20.6 Å². The average Bonchev–Trinajstić information content (AvgIpc) is 3.36.